The number of nitriles is 1. The number of nitrogens with zero attached hydrogens (tertiary/aromatic N) is 2. The van der Waals surface area contributed by atoms with Gasteiger partial charge in [0.05, 0.1) is 22.2 Å². The third kappa shape index (κ3) is 4.35. The van der Waals surface area contributed by atoms with Crippen LogP contribution < -0.4 is 4.72 Å². The van der Waals surface area contributed by atoms with E-state index in [9.17, 15) is 8.42 Å². The van der Waals surface area contributed by atoms with Crippen LogP contribution >= 0.6 is 0 Å². The molecule has 5 nitrogen and oxygen atoms in total. The number of benzene rings is 2. The van der Waals surface area contributed by atoms with E-state index in [1.54, 1.807) is 24.4 Å². The monoisotopic (exact) mass is 361 g/mol. The Morgan fingerprint density at radius 2 is 1.77 bits per heavy atom. The van der Waals surface area contributed by atoms with Crippen LogP contribution in [-0.4, -0.2) is 13.4 Å². The summed E-state index contributed by atoms with van der Waals surface area (Å²) in [4.78, 5) is 4.31. The number of rotatable bonds is 5. The van der Waals surface area contributed by atoms with Crippen LogP contribution in [0.1, 0.15) is 16.8 Å². The molecule has 0 aliphatic heterocycles. The molecule has 6 heteroatoms. The molecule has 0 aliphatic carbocycles. The minimum Gasteiger partial charge on any atom is -0.280 e. The van der Waals surface area contributed by atoms with Gasteiger partial charge >= 0.3 is 0 Å². The minimum atomic E-state index is -3.72. The third-order valence-electron chi connectivity index (χ3n) is 3.57. The van der Waals surface area contributed by atoms with Crippen molar-refractivity contribution in [3.63, 3.8) is 0 Å². The van der Waals surface area contributed by atoms with E-state index in [0.29, 0.717) is 11.3 Å². The number of aromatic nitrogens is 1. The predicted molar refractivity (Wildman–Crippen MR) is 102 cm³/mol. The molecule has 1 aromatic heterocycles. The first kappa shape index (κ1) is 17.4. The molecule has 0 spiro atoms. The molecule has 0 fully saturated rings. The molecule has 2 aromatic carbocycles. The first-order chi connectivity index (χ1) is 12.6. The summed E-state index contributed by atoms with van der Waals surface area (Å²) in [6, 6.07) is 20.4. The zero-order valence-corrected chi connectivity index (χ0v) is 14.5. The lowest BCUT2D eigenvalue weighted by molar-refractivity contribution is 0.601. The quantitative estimate of drug-likeness (QED) is 0.746. The number of anilines is 1. The normalized spacial score (nSPS) is 11.2. The predicted octanol–water partition coefficient (Wildman–Crippen LogP) is 3.92. The molecular formula is C20H15N3O2S. The standard InChI is InChI=1S/C20H15N3O2S/c21-15-17-8-11-20(12-9-17)26(24,25)23-19-6-3-4-16(14-19)7-10-18-5-1-2-13-22-18/h1-14,23H. The lowest BCUT2D eigenvalue weighted by Crippen LogP contribution is -2.12. The third-order valence-corrected chi connectivity index (χ3v) is 4.96. The molecule has 0 saturated carbocycles. The van der Waals surface area contributed by atoms with E-state index >= 15 is 0 Å². The van der Waals surface area contributed by atoms with Crippen LogP contribution in [0, 0.1) is 11.3 Å². The Bertz CT molecular complexity index is 1070. The molecule has 1 N–H and O–H groups in total. The van der Waals surface area contributed by atoms with Crippen LogP contribution in [0.25, 0.3) is 12.2 Å². The fourth-order valence-electron chi connectivity index (χ4n) is 2.28. The van der Waals surface area contributed by atoms with Gasteiger partial charge in [0, 0.05) is 11.9 Å². The SMILES string of the molecule is N#Cc1ccc(S(=O)(=O)Nc2cccc(C=Cc3ccccn3)c2)cc1. The van der Waals surface area contributed by atoms with Crippen LogP contribution in [0.3, 0.4) is 0 Å². The fraction of sp³-hybridized carbons (Fsp3) is 0. The van der Waals surface area contributed by atoms with Crippen molar-refractivity contribution in [3.8, 4) is 6.07 Å². The summed E-state index contributed by atoms with van der Waals surface area (Å²) in [6.07, 6.45) is 5.43. The maximum absolute atomic E-state index is 12.5. The number of hydrogen-bond donors (Lipinski definition) is 1. The molecule has 0 unspecified atom stereocenters. The molecule has 3 aromatic rings. The Morgan fingerprint density at radius 1 is 0.962 bits per heavy atom. The van der Waals surface area contributed by atoms with Crippen molar-refractivity contribution >= 4 is 27.9 Å². The summed E-state index contributed by atoms with van der Waals surface area (Å²) in [5.74, 6) is 0. The van der Waals surface area contributed by atoms with Crippen LogP contribution in [-0.2, 0) is 10.0 Å². The Balaban J connectivity index is 1.79. The van der Waals surface area contributed by atoms with Crippen molar-refractivity contribution < 1.29 is 8.42 Å². The van der Waals surface area contributed by atoms with Crippen LogP contribution in [0.15, 0.2) is 77.8 Å². The molecular weight excluding hydrogens is 346 g/mol. The first-order valence-electron chi connectivity index (χ1n) is 7.79. The van der Waals surface area contributed by atoms with Crippen LogP contribution in [0.4, 0.5) is 5.69 Å². The van der Waals surface area contributed by atoms with Gasteiger partial charge < -0.3 is 0 Å². The Hall–Kier alpha value is -3.43. The van der Waals surface area contributed by atoms with Crippen molar-refractivity contribution in [1.29, 1.82) is 5.26 Å². The molecule has 26 heavy (non-hydrogen) atoms. The highest BCUT2D eigenvalue weighted by Crippen LogP contribution is 2.18. The molecule has 0 aliphatic rings. The smallest absolute Gasteiger partial charge is 0.261 e. The van der Waals surface area contributed by atoms with Crippen molar-refractivity contribution in [2.24, 2.45) is 0 Å². The second-order valence-corrected chi connectivity index (χ2v) is 7.14. The Morgan fingerprint density at radius 3 is 2.46 bits per heavy atom. The van der Waals surface area contributed by atoms with E-state index < -0.39 is 10.0 Å². The Labute approximate surface area is 152 Å². The highest BCUT2D eigenvalue weighted by atomic mass is 32.2. The van der Waals surface area contributed by atoms with Crippen LogP contribution in [0.2, 0.25) is 0 Å². The fourth-order valence-corrected chi connectivity index (χ4v) is 3.33. The lowest BCUT2D eigenvalue weighted by atomic mass is 10.2. The number of hydrogen-bond acceptors (Lipinski definition) is 4. The van der Waals surface area contributed by atoms with Gasteiger partial charge in [0.25, 0.3) is 10.0 Å². The van der Waals surface area contributed by atoms with Crippen molar-refractivity contribution in [2.75, 3.05) is 4.72 Å². The number of pyridine rings is 1. The molecule has 0 radical (unpaired) electrons. The molecule has 1 heterocycles. The average molecular weight is 361 g/mol. The van der Waals surface area contributed by atoms with Crippen molar-refractivity contribution in [1.82, 2.24) is 4.98 Å². The topological polar surface area (TPSA) is 82.8 Å². The molecule has 128 valence electrons. The van der Waals surface area contributed by atoms with E-state index in [1.165, 1.54) is 24.3 Å². The van der Waals surface area contributed by atoms with Gasteiger partial charge in [0.1, 0.15) is 0 Å². The van der Waals surface area contributed by atoms with Gasteiger partial charge in [-0.2, -0.15) is 5.26 Å². The Kier molecular flexibility index (Phi) is 5.11. The minimum absolute atomic E-state index is 0.103. The zero-order chi connectivity index (χ0) is 18.4. The van der Waals surface area contributed by atoms with Crippen molar-refractivity contribution in [3.05, 3.63) is 89.7 Å². The van der Waals surface area contributed by atoms with E-state index in [1.807, 2.05) is 42.5 Å². The summed E-state index contributed by atoms with van der Waals surface area (Å²) in [5, 5.41) is 8.80. The molecule has 0 atom stereocenters. The van der Waals surface area contributed by atoms with Gasteiger partial charge in [0.15, 0.2) is 0 Å². The van der Waals surface area contributed by atoms with Crippen molar-refractivity contribution in [2.45, 2.75) is 4.90 Å². The van der Waals surface area contributed by atoms with E-state index in [4.69, 9.17) is 5.26 Å². The maximum atomic E-state index is 12.5. The van der Waals surface area contributed by atoms with Gasteiger partial charge in [0.2, 0.25) is 0 Å². The van der Waals surface area contributed by atoms with Gasteiger partial charge in [-0.1, -0.05) is 24.3 Å². The molecule has 3 rings (SSSR count). The van der Waals surface area contributed by atoms with E-state index in [-0.39, 0.29) is 4.90 Å². The number of nitrogens with one attached hydrogen (secondary N) is 1. The van der Waals surface area contributed by atoms with E-state index in [0.717, 1.165) is 11.3 Å². The first-order valence-corrected chi connectivity index (χ1v) is 9.27. The van der Waals surface area contributed by atoms with E-state index in [2.05, 4.69) is 9.71 Å². The summed E-state index contributed by atoms with van der Waals surface area (Å²) < 4.78 is 27.5. The van der Waals surface area contributed by atoms with Crippen LogP contribution in [0.5, 0.6) is 0 Å². The number of sulfonamides is 1. The second-order valence-electron chi connectivity index (χ2n) is 5.46. The molecule has 0 amide bonds. The maximum Gasteiger partial charge on any atom is 0.261 e. The van der Waals surface area contributed by atoms with Gasteiger partial charge in [-0.15, -0.1) is 0 Å². The summed E-state index contributed by atoms with van der Waals surface area (Å²) in [5.41, 5.74) is 2.52. The summed E-state index contributed by atoms with van der Waals surface area (Å²) >= 11 is 0. The summed E-state index contributed by atoms with van der Waals surface area (Å²) in [7, 11) is -3.72. The van der Waals surface area contributed by atoms with Gasteiger partial charge in [-0.3, -0.25) is 9.71 Å². The summed E-state index contributed by atoms with van der Waals surface area (Å²) in [6.45, 7) is 0. The average Bonchev–Trinajstić information content (AvgIpc) is 2.67. The van der Waals surface area contributed by atoms with Gasteiger partial charge in [-0.25, -0.2) is 8.42 Å². The molecule has 0 saturated heterocycles. The zero-order valence-electron chi connectivity index (χ0n) is 13.7. The molecule has 0 bridgehead atoms. The van der Waals surface area contributed by atoms with Gasteiger partial charge in [-0.05, 0) is 60.2 Å². The largest absolute Gasteiger partial charge is 0.280 e. The highest BCUT2D eigenvalue weighted by Gasteiger charge is 2.14. The lowest BCUT2D eigenvalue weighted by Gasteiger charge is -2.08. The second kappa shape index (κ2) is 7.64. The highest BCUT2D eigenvalue weighted by molar-refractivity contribution is 7.92.